The minimum absolute atomic E-state index is 0.00370. The molecule has 0 aliphatic heterocycles. The van der Waals surface area contributed by atoms with Crippen LogP contribution in [-0.4, -0.2) is 25.2 Å². The third-order valence-corrected chi connectivity index (χ3v) is 4.28. The lowest BCUT2D eigenvalue weighted by Crippen LogP contribution is -2.20. The van der Waals surface area contributed by atoms with Crippen molar-refractivity contribution in [2.75, 3.05) is 19.5 Å². The molecule has 0 atom stereocenters. The minimum atomic E-state index is -0.604. The summed E-state index contributed by atoms with van der Waals surface area (Å²) in [5, 5.41) is 12.9. The first-order chi connectivity index (χ1) is 12.9. The van der Waals surface area contributed by atoms with Crippen molar-refractivity contribution in [1.29, 1.82) is 0 Å². The number of carbonyl (C=O) groups is 1. The van der Waals surface area contributed by atoms with Crippen molar-refractivity contribution >= 4 is 22.6 Å². The lowest BCUT2D eigenvalue weighted by Gasteiger charge is -2.11. The van der Waals surface area contributed by atoms with E-state index in [2.05, 4.69) is 5.32 Å². The lowest BCUT2D eigenvalue weighted by atomic mass is 10.0. The summed E-state index contributed by atoms with van der Waals surface area (Å²) in [5.41, 5.74) is 1.11. The van der Waals surface area contributed by atoms with Crippen LogP contribution in [0.1, 0.15) is 11.1 Å². The summed E-state index contributed by atoms with van der Waals surface area (Å²) >= 11 is 0. The van der Waals surface area contributed by atoms with Crippen molar-refractivity contribution in [3.63, 3.8) is 0 Å². The first-order valence-corrected chi connectivity index (χ1v) is 8.20. The van der Waals surface area contributed by atoms with E-state index in [-0.39, 0.29) is 29.2 Å². The predicted molar refractivity (Wildman–Crippen MR) is 101 cm³/mol. The van der Waals surface area contributed by atoms with Gasteiger partial charge in [-0.2, -0.15) is 0 Å². The summed E-state index contributed by atoms with van der Waals surface area (Å²) in [6.07, 6.45) is -0.140. The van der Waals surface area contributed by atoms with Crippen LogP contribution < -0.4 is 20.4 Å². The molecular weight excluding hydrogens is 350 g/mol. The second kappa shape index (κ2) is 7.41. The molecule has 0 fully saturated rings. The highest BCUT2D eigenvalue weighted by Crippen LogP contribution is 2.30. The van der Waals surface area contributed by atoms with Gasteiger partial charge in [-0.3, -0.25) is 4.79 Å². The number of phenols is 1. The Morgan fingerprint density at radius 3 is 2.56 bits per heavy atom. The monoisotopic (exact) mass is 369 g/mol. The number of anilines is 1. The van der Waals surface area contributed by atoms with Crippen molar-refractivity contribution in [2.24, 2.45) is 0 Å². The molecule has 0 spiro atoms. The van der Waals surface area contributed by atoms with Crippen LogP contribution in [0.2, 0.25) is 0 Å². The van der Waals surface area contributed by atoms with Gasteiger partial charge in [0, 0.05) is 23.2 Å². The van der Waals surface area contributed by atoms with E-state index in [4.69, 9.17) is 13.9 Å². The molecule has 0 aliphatic carbocycles. The van der Waals surface area contributed by atoms with Gasteiger partial charge in [0.2, 0.25) is 5.91 Å². The Balaban J connectivity index is 1.86. The molecule has 1 aromatic heterocycles. The molecule has 0 unspecified atom stereocenters. The summed E-state index contributed by atoms with van der Waals surface area (Å²) < 4.78 is 15.6. The SMILES string of the molecule is COc1ccc(NC(=O)Cc2c(C)c3ccc(O)cc3oc2=O)cc1OC. The molecular formula is C20H19NO6. The molecule has 140 valence electrons. The summed E-state index contributed by atoms with van der Waals surface area (Å²) in [7, 11) is 3.03. The quantitative estimate of drug-likeness (QED) is 0.671. The number of methoxy groups -OCH3 is 2. The first kappa shape index (κ1) is 18.3. The molecule has 27 heavy (non-hydrogen) atoms. The second-order valence-corrected chi connectivity index (χ2v) is 5.97. The molecule has 0 radical (unpaired) electrons. The van der Waals surface area contributed by atoms with Gasteiger partial charge in [0.05, 0.1) is 26.2 Å². The number of rotatable bonds is 5. The van der Waals surface area contributed by atoms with Crippen molar-refractivity contribution in [2.45, 2.75) is 13.3 Å². The number of hydrogen-bond acceptors (Lipinski definition) is 6. The van der Waals surface area contributed by atoms with Crippen molar-refractivity contribution in [1.82, 2.24) is 0 Å². The van der Waals surface area contributed by atoms with Crippen LogP contribution >= 0.6 is 0 Å². The van der Waals surface area contributed by atoms with Crippen molar-refractivity contribution in [3.05, 3.63) is 57.9 Å². The standard InChI is InChI=1S/C20H19NO6/c1-11-14-6-5-13(22)9-17(14)27-20(24)15(11)10-19(23)21-12-4-7-16(25-2)18(8-12)26-3/h4-9,22H,10H2,1-3H3,(H,21,23). The summed E-state index contributed by atoms with van der Waals surface area (Å²) in [4.78, 5) is 24.7. The number of nitrogens with one attached hydrogen (secondary N) is 1. The molecule has 3 aromatic rings. The number of aromatic hydroxyl groups is 1. The minimum Gasteiger partial charge on any atom is -0.508 e. The summed E-state index contributed by atoms with van der Waals surface area (Å²) in [5.74, 6) is 0.668. The highest BCUT2D eigenvalue weighted by atomic mass is 16.5. The number of benzene rings is 2. The number of ether oxygens (including phenoxy) is 2. The van der Waals surface area contributed by atoms with Gasteiger partial charge in [-0.25, -0.2) is 4.79 Å². The zero-order valence-electron chi connectivity index (χ0n) is 15.2. The molecule has 1 heterocycles. The van der Waals surface area contributed by atoms with Gasteiger partial charge in [-0.15, -0.1) is 0 Å². The van der Waals surface area contributed by atoms with Gasteiger partial charge >= 0.3 is 5.63 Å². The maximum atomic E-state index is 12.4. The fraction of sp³-hybridized carbons (Fsp3) is 0.200. The van der Waals surface area contributed by atoms with E-state index < -0.39 is 5.63 Å². The fourth-order valence-electron chi connectivity index (χ4n) is 2.87. The Labute approximate surface area is 155 Å². The lowest BCUT2D eigenvalue weighted by molar-refractivity contribution is -0.115. The predicted octanol–water partition coefficient (Wildman–Crippen LogP) is 3.01. The van der Waals surface area contributed by atoms with Gasteiger partial charge in [0.25, 0.3) is 0 Å². The Morgan fingerprint density at radius 1 is 1.11 bits per heavy atom. The zero-order chi connectivity index (χ0) is 19.6. The molecule has 1 amide bonds. The molecule has 7 nitrogen and oxygen atoms in total. The van der Waals surface area contributed by atoms with Crippen LogP contribution in [0.15, 0.2) is 45.6 Å². The highest BCUT2D eigenvalue weighted by molar-refractivity contribution is 5.93. The van der Waals surface area contributed by atoms with Crippen LogP contribution in [0.4, 0.5) is 5.69 Å². The number of hydrogen-bond donors (Lipinski definition) is 2. The fourth-order valence-corrected chi connectivity index (χ4v) is 2.87. The van der Waals surface area contributed by atoms with Crippen molar-refractivity contribution < 1.29 is 23.8 Å². The average Bonchev–Trinajstić information content (AvgIpc) is 2.64. The largest absolute Gasteiger partial charge is 0.508 e. The van der Waals surface area contributed by atoms with Crippen LogP contribution in [0.25, 0.3) is 11.0 Å². The average molecular weight is 369 g/mol. The molecule has 0 bridgehead atoms. The van der Waals surface area contributed by atoms with Gasteiger partial charge in [-0.05, 0) is 36.8 Å². The maximum absolute atomic E-state index is 12.4. The molecule has 2 N–H and O–H groups in total. The molecule has 0 saturated carbocycles. The normalized spacial score (nSPS) is 10.6. The topological polar surface area (TPSA) is 98.0 Å². The molecule has 3 rings (SSSR count). The Bertz CT molecular complexity index is 1070. The van der Waals surface area contributed by atoms with Gasteiger partial charge in [0.15, 0.2) is 11.5 Å². The molecule has 0 saturated heterocycles. The molecule has 2 aromatic carbocycles. The number of amides is 1. The van der Waals surface area contributed by atoms with Crippen molar-refractivity contribution in [3.8, 4) is 17.2 Å². The summed E-state index contributed by atoms with van der Waals surface area (Å²) in [6.45, 7) is 1.75. The van der Waals surface area contributed by atoms with Crippen LogP contribution in [0.3, 0.4) is 0 Å². The summed E-state index contributed by atoms with van der Waals surface area (Å²) in [6, 6.07) is 9.52. The first-order valence-electron chi connectivity index (χ1n) is 8.20. The number of phenolic OH excluding ortho intramolecular Hbond substituents is 1. The Hall–Kier alpha value is -3.48. The van der Waals surface area contributed by atoms with Gasteiger partial charge in [-0.1, -0.05) is 0 Å². The Kier molecular flexibility index (Phi) is 5.03. The van der Waals surface area contributed by atoms with E-state index in [1.165, 1.54) is 26.4 Å². The van der Waals surface area contributed by atoms with Crippen LogP contribution in [0.5, 0.6) is 17.2 Å². The molecule has 7 heteroatoms. The molecule has 0 aliphatic rings. The van der Waals surface area contributed by atoms with Crippen LogP contribution in [-0.2, 0) is 11.2 Å². The third-order valence-electron chi connectivity index (χ3n) is 4.28. The second-order valence-electron chi connectivity index (χ2n) is 5.97. The van der Waals surface area contributed by atoms with E-state index in [1.807, 2.05) is 0 Å². The zero-order valence-corrected chi connectivity index (χ0v) is 15.2. The van der Waals surface area contributed by atoms with E-state index in [9.17, 15) is 14.7 Å². The number of aryl methyl sites for hydroxylation is 1. The highest BCUT2D eigenvalue weighted by Gasteiger charge is 2.16. The Morgan fingerprint density at radius 2 is 1.85 bits per heavy atom. The maximum Gasteiger partial charge on any atom is 0.340 e. The number of fused-ring (bicyclic) bond motifs is 1. The third kappa shape index (κ3) is 3.72. The van der Waals surface area contributed by atoms with E-state index >= 15 is 0 Å². The van der Waals surface area contributed by atoms with E-state index in [0.717, 1.165) is 0 Å². The van der Waals surface area contributed by atoms with E-state index in [1.54, 1.807) is 31.2 Å². The van der Waals surface area contributed by atoms with E-state index in [0.29, 0.717) is 28.1 Å². The van der Waals surface area contributed by atoms with Gasteiger partial charge < -0.3 is 24.3 Å². The smallest absolute Gasteiger partial charge is 0.340 e. The van der Waals surface area contributed by atoms with Gasteiger partial charge in [0.1, 0.15) is 11.3 Å². The number of carbonyl (C=O) groups excluding carboxylic acids is 1. The van der Waals surface area contributed by atoms with Crippen LogP contribution in [0, 0.1) is 6.92 Å².